The van der Waals surface area contributed by atoms with E-state index >= 15 is 0 Å². The van der Waals surface area contributed by atoms with E-state index in [9.17, 15) is 0 Å². The van der Waals surface area contributed by atoms with Gasteiger partial charge in [-0.1, -0.05) is 16.8 Å². The maximum Gasteiger partial charge on any atom is 0.220 e. The summed E-state index contributed by atoms with van der Waals surface area (Å²) in [5, 5.41) is 15.8. The van der Waals surface area contributed by atoms with Crippen molar-refractivity contribution >= 4 is 33.4 Å². The fraction of sp³-hybridized carbons (Fsp3) is 0. The van der Waals surface area contributed by atoms with E-state index in [0.717, 1.165) is 0 Å². The number of pyridine rings is 1. The summed E-state index contributed by atoms with van der Waals surface area (Å²) in [6.07, 6.45) is 2.88. The Morgan fingerprint density at radius 1 is 1.53 bits per heavy atom. The zero-order chi connectivity index (χ0) is 12.4. The first kappa shape index (κ1) is 11.8. The van der Waals surface area contributed by atoms with Crippen LogP contribution in [-0.2, 0) is 0 Å². The maximum atomic E-state index is 8.49. The lowest BCUT2D eigenvalue weighted by Gasteiger charge is -2.02. The van der Waals surface area contributed by atoms with Crippen LogP contribution in [-0.4, -0.2) is 30.8 Å². The van der Waals surface area contributed by atoms with Crippen molar-refractivity contribution < 1.29 is 5.21 Å². The summed E-state index contributed by atoms with van der Waals surface area (Å²) >= 11 is 9.07. The molecular formula is C8H6BrClN6O. The summed E-state index contributed by atoms with van der Waals surface area (Å²) in [6, 6.07) is 1.68. The van der Waals surface area contributed by atoms with Gasteiger partial charge in [0.2, 0.25) is 11.7 Å². The molecule has 0 atom stereocenters. The molecule has 0 bridgehead atoms. The van der Waals surface area contributed by atoms with Gasteiger partial charge in [-0.05, 0) is 22.0 Å². The molecule has 0 fully saturated rings. The van der Waals surface area contributed by atoms with Crippen LogP contribution in [0.1, 0.15) is 5.82 Å². The van der Waals surface area contributed by atoms with Gasteiger partial charge in [-0.15, -0.1) is 5.10 Å². The SMILES string of the molecule is NC(=NO)c1ncn(-c2ncc(Cl)cc2Br)n1. The molecule has 0 aliphatic heterocycles. The van der Waals surface area contributed by atoms with Crippen molar-refractivity contribution in [2.75, 3.05) is 0 Å². The first-order valence-electron chi connectivity index (χ1n) is 4.33. The van der Waals surface area contributed by atoms with Crippen molar-refractivity contribution in [1.29, 1.82) is 0 Å². The molecule has 7 nitrogen and oxygen atoms in total. The average Bonchev–Trinajstić information content (AvgIpc) is 2.77. The van der Waals surface area contributed by atoms with E-state index in [1.54, 1.807) is 6.07 Å². The monoisotopic (exact) mass is 316 g/mol. The van der Waals surface area contributed by atoms with Crippen LogP contribution in [0.2, 0.25) is 5.02 Å². The van der Waals surface area contributed by atoms with Crippen LogP contribution >= 0.6 is 27.5 Å². The molecule has 2 heterocycles. The number of nitrogens with zero attached hydrogens (tertiary/aromatic N) is 5. The Balaban J connectivity index is 2.44. The minimum atomic E-state index is -0.172. The first-order chi connectivity index (χ1) is 8.11. The van der Waals surface area contributed by atoms with E-state index in [-0.39, 0.29) is 11.7 Å². The zero-order valence-electron chi connectivity index (χ0n) is 8.25. The van der Waals surface area contributed by atoms with Crippen molar-refractivity contribution in [1.82, 2.24) is 19.7 Å². The Morgan fingerprint density at radius 3 is 2.94 bits per heavy atom. The molecule has 0 aromatic carbocycles. The molecule has 0 saturated heterocycles. The minimum Gasteiger partial charge on any atom is -0.409 e. The number of aromatic nitrogens is 4. The lowest BCUT2D eigenvalue weighted by atomic mass is 10.5. The van der Waals surface area contributed by atoms with Gasteiger partial charge in [0.25, 0.3) is 0 Å². The van der Waals surface area contributed by atoms with Crippen LogP contribution in [0.5, 0.6) is 0 Å². The van der Waals surface area contributed by atoms with Gasteiger partial charge in [0.05, 0.1) is 9.50 Å². The van der Waals surface area contributed by atoms with Gasteiger partial charge in [-0.2, -0.15) is 0 Å². The minimum absolute atomic E-state index is 0.108. The van der Waals surface area contributed by atoms with E-state index < -0.39 is 0 Å². The van der Waals surface area contributed by atoms with Crippen LogP contribution < -0.4 is 5.73 Å². The molecule has 0 amide bonds. The molecule has 0 aliphatic rings. The molecule has 2 aromatic rings. The topological polar surface area (TPSA) is 102 Å². The molecule has 17 heavy (non-hydrogen) atoms. The van der Waals surface area contributed by atoms with Crippen molar-refractivity contribution in [3.8, 4) is 5.82 Å². The highest BCUT2D eigenvalue weighted by Gasteiger charge is 2.10. The Kier molecular flexibility index (Phi) is 3.25. The number of rotatable bonds is 2. The highest BCUT2D eigenvalue weighted by atomic mass is 79.9. The predicted octanol–water partition coefficient (Wildman–Crippen LogP) is 1.17. The molecule has 0 spiro atoms. The second-order valence-corrected chi connectivity index (χ2v) is 4.25. The quantitative estimate of drug-likeness (QED) is 0.375. The smallest absolute Gasteiger partial charge is 0.220 e. The summed E-state index contributed by atoms with van der Waals surface area (Å²) in [4.78, 5) is 7.95. The maximum absolute atomic E-state index is 8.49. The molecule has 0 saturated carbocycles. The lowest BCUT2D eigenvalue weighted by molar-refractivity contribution is 0.318. The van der Waals surface area contributed by atoms with E-state index in [1.165, 1.54) is 17.2 Å². The first-order valence-corrected chi connectivity index (χ1v) is 5.50. The van der Waals surface area contributed by atoms with Gasteiger partial charge < -0.3 is 10.9 Å². The standard InChI is InChI=1S/C8H6BrClN6O/c9-5-1-4(10)2-12-8(5)16-3-13-7(14-16)6(11)15-17/h1-3,17H,(H2,11,15). The zero-order valence-corrected chi connectivity index (χ0v) is 10.6. The molecule has 88 valence electrons. The summed E-state index contributed by atoms with van der Waals surface area (Å²) < 4.78 is 2.04. The van der Waals surface area contributed by atoms with Crippen LogP contribution in [0.15, 0.2) is 28.2 Å². The van der Waals surface area contributed by atoms with Crippen LogP contribution in [0.25, 0.3) is 5.82 Å². The number of amidine groups is 1. The summed E-state index contributed by atoms with van der Waals surface area (Å²) in [7, 11) is 0. The Bertz CT molecular complexity index is 583. The third-order valence-electron chi connectivity index (χ3n) is 1.83. The van der Waals surface area contributed by atoms with E-state index in [1.807, 2.05) is 0 Å². The average molecular weight is 318 g/mol. The van der Waals surface area contributed by atoms with E-state index in [0.29, 0.717) is 15.3 Å². The van der Waals surface area contributed by atoms with E-state index in [4.69, 9.17) is 22.5 Å². The molecule has 9 heteroatoms. The molecule has 0 unspecified atom stereocenters. The molecule has 0 aliphatic carbocycles. The van der Waals surface area contributed by atoms with Crippen molar-refractivity contribution in [3.63, 3.8) is 0 Å². The van der Waals surface area contributed by atoms with Crippen molar-refractivity contribution in [2.24, 2.45) is 10.9 Å². The number of nitrogens with two attached hydrogens (primary N) is 1. The summed E-state index contributed by atoms with van der Waals surface area (Å²) in [5.74, 6) is 0.434. The summed E-state index contributed by atoms with van der Waals surface area (Å²) in [5.41, 5.74) is 5.36. The molecule has 3 N–H and O–H groups in total. The molecule has 2 rings (SSSR count). The van der Waals surface area contributed by atoms with E-state index in [2.05, 4.69) is 36.2 Å². The Labute approximate surface area is 109 Å². The number of hydrogen-bond acceptors (Lipinski definition) is 5. The summed E-state index contributed by atoms with van der Waals surface area (Å²) in [6.45, 7) is 0. The Hall–Kier alpha value is -1.67. The van der Waals surface area contributed by atoms with Crippen molar-refractivity contribution in [2.45, 2.75) is 0 Å². The fourth-order valence-corrected chi connectivity index (χ4v) is 1.92. The number of hydrogen-bond donors (Lipinski definition) is 2. The fourth-order valence-electron chi connectivity index (χ4n) is 1.10. The van der Waals surface area contributed by atoms with Gasteiger partial charge >= 0.3 is 0 Å². The van der Waals surface area contributed by atoms with Gasteiger partial charge in [-0.25, -0.2) is 14.6 Å². The van der Waals surface area contributed by atoms with Crippen molar-refractivity contribution in [3.05, 3.63) is 33.9 Å². The second kappa shape index (κ2) is 4.68. The normalized spacial score (nSPS) is 11.8. The number of oxime groups is 1. The van der Waals surface area contributed by atoms with Gasteiger partial charge in [0.1, 0.15) is 6.33 Å². The Morgan fingerprint density at radius 2 is 2.29 bits per heavy atom. The third kappa shape index (κ3) is 2.37. The number of halogens is 2. The predicted molar refractivity (Wildman–Crippen MR) is 64.4 cm³/mol. The second-order valence-electron chi connectivity index (χ2n) is 2.96. The largest absolute Gasteiger partial charge is 0.409 e. The highest BCUT2D eigenvalue weighted by Crippen LogP contribution is 2.21. The van der Waals surface area contributed by atoms with Crippen LogP contribution in [0.4, 0.5) is 0 Å². The highest BCUT2D eigenvalue weighted by molar-refractivity contribution is 9.10. The van der Waals surface area contributed by atoms with Crippen LogP contribution in [0, 0.1) is 0 Å². The molecular weight excluding hydrogens is 311 g/mol. The van der Waals surface area contributed by atoms with Gasteiger partial charge in [-0.3, -0.25) is 0 Å². The van der Waals surface area contributed by atoms with Gasteiger partial charge in [0, 0.05) is 6.20 Å². The molecule has 0 radical (unpaired) electrons. The lowest BCUT2D eigenvalue weighted by Crippen LogP contribution is -2.15. The molecule has 2 aromatic heterocycles. The van der Waals surface area contributed by atoms with Crippen LogP contribution in [0.3, 0.4) is 0 Å². The third-order valence-corrected chi connectivity index (χ3v) is 2.62. The van der Waals surface area contributed by atoms with Gasteiger partial charge in [0.15, 0.2) is 5.82 Å².